The first-order valence-electron chi connectivity index (χ1n) is 10.8. The molecule has 28 heavy (non-hydrogen) atoms. The lowest BCUT2D eigenvalue weighted by Gasteiger charge is -2.36. The Morgan fingerprint density at radius 2 is 1.68 bits per heavy atom. The minimum absolute atomic E-state index is 0.534. The molecule has 6 nitrogen and oxygen atoms in total. The van der Waals surface area contributed by atoms with Gasteiger partial charge >= 0.3 is 0 Å². The minimum atomic E-state index is 0.534. The van der Waals surface area contributed by atoms with E-state index in [4.69, 9.17) is 22.2 Å². The lowest BCUT2D eigenvalue weighted by atomic mass is 9.92. The van der Waals surface area contributed by atoms with Crippen molar-refractivity contribution >= 4 is 34.9 Å². The Morgan fingerprint density at radius 3 is 2.29 bits per heavy atom. The molecule has 0 saturated carbocycles. The number of hydrogen-bond donors (Lipinski definition) is 2. The molecule has 1 aromatic heterocycles. The zero-order valence-electron chi connectivity index (χ0n) is 17.9. The number of nitrogens with one attached hydrogen (secondary N) is 2. The summed E-state index contributed by atoms with van der Waals surface area (Å²) in [5.74, 6) is 4.54. The summed E-state index contributed by atoms with van der Waals surface area (Å²) >= 11 is 5.46. The monoisotopic (exact) mass is 404 g/mol. The van der Waals surface area contributed by atoms with Gasteiger partial charge in [0.05, 0.1) is 0 Å². The highest BCUT2D eigenvalue weighted by Gasteiger charge is 2.25. The third-order valence-electron chi connectivity index (χ3n) is 5.47. The van der Waals surface area contributed by atoms with E-state index in [1.807, 2.05) is 0 Å². The fraction of sp³-hybridized carbons (Fsp3) is 0.762. The fourth-order valence-electron chi connectivity index (χ4n) is 4.22. The first-order chi connectivity index (χ1) is 13.4. The zero-order chi connectivity index (χ0) is 20.1. The molecule has 1 aromatic rings. The van der Waals surface area contributed by atoms with Crippen LogP contribution in [-0.4, -0.2) is 47.8 Å². The maximum Gasteiger partial charge on any atom is 0.232 e. The number of hydrogen-bond acceptors (Lipinski definition) is 5. The van der Waals surface area contributed by atoms with Crippen LogP contribution in [0.3, 0.4) is 0 Å². The van der Waals surface area contributed by atoms with Crippen LogP contribution in [0.25, 0.3) is 0 Å². The Bertz CT molecular complexity index is 648. The predicted molar refractivity (Wildman–Crippen MR) is 122 cm³/mol. The standard InChI is InChI=1S/C21H36N6S/c1-15(2)12-22-21(28)25-20-23-18(26-8-6-5-7-9-26)11-19(24-20)27-13-16(3)10-17(4)14-27/h11,15-17H,5-10,12-14H2,1-4H3,(H2,22,23,24,25,28)/t16-,17+. The number of rotatable bonds is 5. The van der Waals surface area contributed by atoms with Crippen molar-refractivity contribution < 1.29 is 0 Å². The van der Waals surface area contributed by atoms with Crippen LogP contribution in [0.2, 0.25) is 0 Å². The second-order valence-corrected chi connectivity index (χ2v) is 9.44. The van der Waals surface area contributed by atoms with Crippen molar-refractivity contribution in [2.45, 2.75) is 53.4 Å². The van der Waals surface area contributed by atoms with E-state index in [1.54, 1.807) is 0 Å². The van der Waals surface area contributed by atoms with Gasteiger partial charge in [0.15, 0.2) is 5.11 Å². The molecule has 2 aliphatic heterocycles. The highest BCUT2D eigenvalue weighted by molar-refractivity contribution is 7.80. The second kappa shape index (κ2) is 9.72. The van der Waals surface area contributed by atoms with Gasteiger partial charge in [0.2, 0.25) is 5.95 Å². The zero-order valence-corrected chi connectivity index (χ0v) is 18.7. The topological polar surface area (TPSA) is 56.3 Å². The van der Waals surface area contributed by atoms with Gasteiger partial charge in [-0.3, -0.25) is 0 Å². The SMILES string of the molecule is CC(C)CNC(=S)Nc1nc(N2CCCCC2)cc(N2C[C@H](C)C[C@H](C)C2)n1. The van der Waals surface area contributed by atoms with Crippen molar-refractivity contribution in [2.75, 3.05) is 47.8 Å². The van der Waals surface area contributed by atoms with E-state index in [1.165, 1.54) is 25.7 Å². The number of anilines is 3. The van der Waals surface area contributed by atoms with Crippen LogP contribution in [0.4, 0.5) is 17.6 Å². The molecule has 0 aromatic carbocycles. The first-order valence-corrected chi connectivity index (χ1v) is 11.3. The molecule has 3 rings (SSSR count). The summed E-state index contributed by atoms with van der Waals surface area (Å²) in [6.07, 6.45) is 5.06. The van der Waals surface area contributed by atoms with Crippen LogP contribution in [-0.2, 0) is 0 Å². The number of thiocarbonyl (C=S) groups is 1. The average molecular weight is 405 g/mol. The molecule has 2 saturated heterocycles. The second-order valence-electron chi connectivity index (χ2n) is 9.04. The predicted octanol–water partition coefficient (Wildman–Crippen LogP) is 3.89. The summed E-state index contributed by atoms with van der Waals surface area (Å²) in [4.78, 5) is 14.5. The summed E-state index contributed by atoms with van der Waals surface area (Å²) in [6, 6.07) is 2.17. The lowest BCUT2D eigenvalue weighted by Crippen LogP contribution is -2.40. The molecular weight excluding hydrogens is 368 g/mol. The first kappa shape index (κ1) is 21.1. The Morgan fingerprint density at radius 1 is 1.07 bits per heavy atom. The van der Waals surface area contributed by atoms with E-state index < -0.39 is 0 Å². The van der Waals surface area contributed by atoms with Crippen molar-refractivity contribution in [3.63, 3.8) is 0 Å². The normalized spacial score (nSPS) is 23.0. The van der Waals surface area contributed by atoms with E-state index in [0.717, 1.165) is 44.4 Å². The third-order valence-corrected chi connectivity index (χ3v) is 5.71. The molecule has 2 N–H and O–H groups in total. The van der Waals surface area contributed by atoms with Crippen LogP contribution < -0.4 is 20.4 Å². The molecule has 2 fully saturated rings. The van der Waals surface area contributed by atoms with Crippen molar-refractivity contribution in [2.24, 2.45) is 17.8 Å². The smallest absolute Gasteiger partial charge is 0.232 e. The van der Waals surface area contributed by atoms with Gasteiger partial charge in [-0.1, -0.05) is 27.7 Å². The maximum absolute atomic E-state index is 5.46. The highest BCUT2D eigenvalue weighted by Crippen LogP contribution is 2.29. The largest absolute Gasteiger partial charge is 0.362 e. The van der Waals surface area contributed by atoms with Crippen molar-refractivity contribution in [3.05, 3.63) is 6.07 Å². The maximum atomic E-state index is 5.46. The quantitative estimate of drug-likeness (QED) is 0.722. The van der Waals surface area contributed by atoms with Crippen LogP contribution >= 0.6 is 12.2 Å². The van der Waals surface area contributed by atoms with Gasteiger partial charge in [-0.25, -0.2) is 0 Å². The number of aromatic nitrogens is 2. The van der Waals surface area contributed by atoms with Gasteiger partial charge in [0.25, 0.3) is 0 Å². The van der Waals surface area contributed by atoms with E-state index >= 15 is 0 Å². The van der Waals surface area contributed by atoms with Crippen LogP contribution in [0.5, 0.6) is 0 Å². The Kier molecular flexibility index (Phi) is 7.32. The molecular formula is C21H36N6S. The van der Waals surface area contributed by atoms with Crippen LogP contribution in [0.1, 0.15) is 53.4 Å². The van der Waals surface area contributed by atoms with Gasteiger partial charge in [-0.15, -0.1) is 0 Å². The average Bonchev–Trinajstić information content (AvgIpc) is 2.66. The lowest BCUT2D eigenvalue weighted by molar-refractivity contribution is 0.355. The molecule has 0 spiro atoms. The molecule has 7 heteroatoms. The van der Waals surface area contributed by atoms with E-state index in [0.29, 0.717) is 28.8 Å². The van der Waals surface area contributed by atoms with Crippen molar-refractivity contribution in [1.29, 1.82) is 0 Å². The van der Waals surface area contributed by atoms with Gasteiger partial charge < -0.3 is 20.4 Å². The Labute approximate surface area is 175 Å². The molecule has 3 heterocycles. The summed E-state index contributed by atoms with van der Waals surface area (Å²) in [5, 5.41) is 7.07. The van der Waals surface area contributed by atoms with Gasteiger partial charge in [-0.05, 0) is 55.7 Å². The van der Waals surface area contributed by atoms with E-state index in [-0.39, 0.29) is 0 Å². The van der Waals surface area contributed by atoms with Crippen molar-refractivity contribution in [3.8, 4) is 0 Å². The molecule has 0 amide bonds. The molecule has 156 valence electrons. The summed E-state index contributed by atoms with van der Waals surface area (Å²) in [6.45, 7) is 14.1. The number of nitrogens with zero attached hydrogens (tertiary/aromatic N) is 4. The minimum Gasteiger partial charge on any atom is -0.362 e. The fourth-order valence-corrected chi connectivity index (χ4v) is 4.39. The number of piperidine rings is 2. The summed E-state index contributed by atoms with van der Waals surface area (Å²) < 4.78 is 0. The van der Waals surface area contributed by atoms with Gasteiger partial charge in [-0.2, -0.15) is 9.97 Å². The molecule has 0 aliphatic carbocycles. The Balaban J connectivity index is 1.82. The summed E-state index contributed by atoms with van der Waals surface area (Å²) in [5.41, 5.74) is 0. The van der Waals surface area contributed by atoms with E-state index in [2.05, 4.69) is 54.2 Å². The molecule has 0 radical (unpaired) electrons. The molecule has 0 bridgehead atoms. The molecule has 2 atom stereocenters. The Hall–Kier alpha value is -1.63. The van der Waals surface area contributed by atoms with E-state index in [9.17, 15) is 0 Å². The third kappa shape index (κ3) is 5.93. The van der Waals surface area contributed by atoms with Crippen LogP contribution in [0.15, 0.2) is 6.07 Å². The van der Waals surface area contributed by atoms with Crippen LogP contribution in [0, 0.1) is 17.8 Å². The molecule has 0 unspecified atom stereocenters. The van der Waals surface area contributed by atoms with Crippen molar-refractivity contribution in [1.82, 2.24) is 15.3 Å². The van der Waals surface area contributed by atoms with Gasteiger partial charge in [0.1, 0.15) is 11.6 Å². The summed E-state index contributed by atoms with van der Waals surface area (Å²) in [7, 11) is 0. The molecule has 2 aliphatic rings. The highest BCUT2D eigenvalue weighted by atomic mass is 32.1. The van der Waals surface area contributed by atoms with Gasteiger partial charge in [0, 0.05) is 38.8 Å².